The molecule has 196 valence electrons. The average Bonchev–Trinajstić information content (AvgIpc) is 3.31. The summed E-state index contributed by atoms with van der Waals surface area (Å²) in [4.78, 5) is 34.1. The van der Waals surface area contributed by atoms with Gasteiger partial charge in [-0.1, -0.05) is 24.3 Å². The molecule has 4 rings (SSSR count). The van der Waals surface area contributed by atoms with Crippen molar-refractivity contribution < 1.29 is 18.7 Å². The van der Waals surface area contributed by atoms with Gasteiger partial charge in [-0.2, -0.15) is 0 Å². The highest BCUT2D eigenvalue weighted by Crippen LogP contribution is 2.21. The molecule has 0 aliphatic carbocycles. The molecular formula is C28H31BrFN3O3S. The van der Waals surface area contributed by atoms with Gasteiger partial charge < -0.3 is 14.5 Å². The third-order valence-electron chi connectivity index (χ3n) is 6.45. The van der Waals surface area contributed by atoms with E-state index in [9.17, 15) is 14.0 Å². The Bertz CT molecular complexity index is 1200. The summed E-state index contributed by atoms with van der Waals surface area (Å²) in [6.45, 7) is 6.78. The van der Waals surface area contributed by atoms with Crippen molar-refractivity contribution in [3.63, 3.8) is 0 Å². The van der Waals surface area contributed by atoms with Gasteiger partial charge in [0.05, 0.1) is 25.3 Å². The van der Waals surface area contributed by atoms with E-state index in [1.165, 1.54) is 12.1 Å². The molecule has 1 saturated heterocycles. The number of carbonyl (C=O) groups excluding carboxylic acids is 2. The van der Waals surface area contributed by atoms with Crippen molar-refractivity contribution >= 4 is 39.1 Å². The number of nitrogens with zero attached hydrogens (tertiary/aromatic N) is 3. The van der Waals surface area contributed by atoms with Gasteiger partial charge in [-0.05, 0) is 69.7 Å². The summed E-state index contributed by atoms with van der Waals surface area (Å²) in [6.07, 6.45) is 0. The van der Waals surface area contributed by atoms with Gasteiger partial charge in [0.25, 0.3) is 5.91 Å². The molecule has 1 aromatic heterocycles. The van der Waals surface area contributed by atoms with E-state index in [-0.39, 0.29) is 24.2 Å². The summed E-state index contributed by atoms with van der Waals surface area (Å²) in [6, 6.07) is 15.5. The molecule has 2 aromatic carbocycles. The monoisotopic (exact) mass is 587 g/mol. The number of carbonyl (C=O) groups is 2. The van der Waals surface area contributed by atoms with Crippen molar-refractivity contribution in [2.45, 2.75) is 20.0 Å². The van der Waals surface area contributed by atoms with Gasteiger partial charge in [0.1, 0.15) is 12.4 Å². The van der Waals surface area contributed by atoms with E-state index in [1.807, 2.05) is 36.6 Å². The molecule has 0 N–H and O–H groups in total. The smallest absolute Gasteiger partial charge is 0.255 e. The van der Waals surface area contributed by atoms with Crippen LogP contribution in [0.5, 0.6) is 0 Å². The Labute approximate surface area is 229 Å². The number of morpholine rings is 1. The molecule has 1 aliphatic heterocycles. The first-order chi connectivity index (χ1) is 17.9. The minimum absolute atomic E-state index is 0.0455. The second-order valence-electron chi connectivity index (χ2n) is 9.06. The number of ether oxygens (including phenoxy) is 1. The van der Waals surface area contributed by atoms with Crippen LogP contribution >= 0.6 is 27.3 Å². The second kappa shape index (κ2) is 13.3. The quantitative estimate of drug-likeness (QED) is 0.336. The van der Waals surface area contributed by atoms with Crippen LogP contribution in [0.25, 0.3) is 0 Å². The first-order valence-corrected chi connectivity index (χ1v) is 14.0. The Morgan fingerprint density at radius 3 is 2.43 bits per heavy atom. The highest BCUT2D eigenvalue weighted by atomic mass is 79.9. The van der Waals surface area contributed by atoms with E-state index >= 15 is 0 Å². The highest BCUT2D eigenvalue weighted by Gasteiger charge is 2.25. The molecule has 0 bridgehead atoms. The fraction of sp³-hybridized carbons (Fsp3) is 0.357. The minimum Gasteiger partial charge on any atom is -0.379 e. The molecule has 6 nitrogen and oxygen atoms in total. The van der Waals surface area contributed by atoms with Crippen LogP contribution in [0, 0.1) is 12.7 Å². The van der Waals surface area contributed by atoms with Crippen LogP contribution in [-0.2, 0) is 22.6 Å². The topological polar surface area (TPSA) is 53.1 Å². The number of hydrogen-bond donors (Lipinski definition) is 0. The minimum atomic E-state index is -0.316. The predicted octanol–water partition coefficient (Wildman–Crippen LogP) is 4.96. The first-order valence-electron chi connectivity index (χ1n) is 12.3. The van der Waals surface area contributed by atoms with Crippen molar-refractivity contribution in [3.8, 4) is 0 Å². The predicted molar refractivity (Wildman–Crippen MR) is 147 cm³/mol. The van der Waals surface area contributed by atoms with Crippen LogP contribution in [-0.4, -0.2) is 72.5 Å². The van der Waals surface area contributed by atoms with Gasteiger partial charge >= 0.3 is 0 Å². The molecule has 2 heterocycles. The fourth-order valence-electron chi connectivity index (χ4n) is 4.19. The lowest BCUT2D eigenvalue weighted by Crippen LogP contribution is -2.47. The lowest BCUT2D eigenvalue weighted by atomic mass is 10.1. The van der Waals surface area contributed by atoms with E-state index in [1.54, 1.807) is 39.3 Å². The van der Waals surface area contributed by atoms with Crippen molar-refractivity contribution in [2.75, 3.05) is 45.9 Å². The van der Waals surface area contributed by atoms with Crippen LogP contribution in [0.4, 0.5) is 4.39 Å². The normalized spacial score (nSPS) is 13.9. The summed E-state index contributed by atoms with van der Waals surface area (Å²) in [5.41, 5.74) is 2.48. The zero-order valence-electron chi connectivity index (χ0n) is 20.9. The second-order valence-corrected chi connectivity index (χ2v) is 10.9. The van der Waals surface area contributed by atoms with Gasteiger partial charge in [0.2, 0.25) is 5.91 Å². The maximum Gasteiger partial charge on any atom is 0.255 e. The summed E-state index contributed by atoms with van der Waals surface area (Å²) in [5, 5.41) is 2.01. The van der Waals surface area contributed by atoms with Crippen LogP contribution < -0.4 is 0 Å². The molecule has 2 amide bonds. The van der Waals surface area contributed by atoms with Crippen molar-refractivity contribution in [1.82, 2.24) is 14.7 Å². The van der Waals surface area contributed by atoms with Crippen molar-refractivity contribution in [3.05, 3.63) is 91.8 Å². The molecule has 37 heavy (non-hydrogen) atoms. The number of thiophene rings is 1. The van der Waals surface area contributed by atoms with Crippen LogP contribution in [0.1, 0.15) is 26.4 Å². The Balaban J connectivity index is 1.55. The van der Waals surface area contributed by atoms with Gasteiger partial charge in [-0.25, -0.2) is 4.39 Å². The average molecular weight is 589 g/mol. The summed E-state index contributed by atoms with van der Waals surface area (Å²) < 4.78 is 19.6. The molecule has 3 aromatic rings. The summed E-state index contributed by atoms with van der Waals surface area (Å²) in [7, 11) is 0. The zero-order valence-corrected chi connectivity index (χ0v) is 23.3. The van der Waals surface area contributed by atoms with Gasteiger partial charge in [-0.15, -0.1) is 11.3 Å². The third kappa shape index (κ3) is 7.70. The van der Waals surface area contributed by atoms with Crippen molar-refractivity contribution in [2.24, 2.45) is 0 Å². The van der Waals surface area contributed by atoms with Gasteiger partial charge in [-0.3, -0.25) is 14.5 Å². The Hall–Kier alpha value is -2.59. The van der Waals surface area contributed by atoms with E-state index in [0.717, 1.165) is 29.1 Å². The zero-order chi connectivity index (χ0) is 26.2. The van der Waals surface area contributed by atoms with E-state index in [2.05, 4.69) is 20.8 Å². The Kier molecular flexibility index (Phi) is 9.85. The molecule has 1 aliphatic rings. The molecule has 0 spiro atoms. The number of benzene rings is 2. The lowest BCUT2D eigenvalue weighted by Gasteiger charge is -2.31. The number of amides is 2. The number of halogens is 2. The number of aryl methyl sites for hydroxylation is 1. The Morgan fingerprint density at radius 1 is 1.03 bits per heavy atom. The number of rotatable bonds is 10. The molecule has 0 atom stereocenters. The standard InChI is InChI=1S/C28H31BrFN3O3S/c1-21-10-17-37-26(21)19-33(18-22-6-8-23(30)9-7-22)27(34)20-32(12-11-31-13-15-36-16-14-31)28(35)24-4-2-3-5-25(24)29/h2-10,17H,11-16,18-20H2,1H3. The van der Waals surface area contributed by atoms with Gasteiger partial charge in [0, 0.05) is 42.1 Å². The van der Waals surface area contributed by atoms with E-state index in [4.69, 9.17) is 4.74 Å². The molecule has 0 saturated carbocycles. The van der Waals surface area contributed by atoms with E-state index in [0.29, 0.717) is 49.4 Å². The highest BCUT2D eigenvalue weighted by molar-refractivity contribution is 9.10. The van der Waals surface area contributed by atoms with Crippen molar-refractivity contribution in [1.29, 1.82) is 0 Å². The first kappa shape index (κ1) is 27.4. The molecular weight excluding hydrogens is 557 g/mol. The Morgan fingerprint density at radius 2 is 1.76 bits per heavy atom. The number of hydrogen-bond acceptors (Lipinski definition) is 5. The molecule has 0 radical (unpaired) electrons. The third-order valence-corrected chi connectivity index (χ3v) is 8.15. The lowest BCUT2D eigenvalue weighted by molar-refractivity contribution is -0.133. The van der Waals surface area contributed by atoms with E-state index < -0.39 is 0 Å². The maximum atomic E-state index is 13.8. The fourth-order valence-corrected chi connectivity index (χ4v) is 5.56. The van der Waals surface area contributed by atoms with Crippen LogP contribution in [0.2, 0.25) is 0 Å². The maximum absolute atomic E-state index is 13.8. The van der Waals surface area contributed by atoms with Crippen LogP contribution in [0.15, 0.2) is 64.5 Å². The molecule has 9 heteroatoms. The molecule has 0 unspecified atom stereocenters. The SMILES string of the molecule is Cc1ccsc1CN(Cc1ccc(F)cc1)C(=O)CN(CCN1CCOCC1)C(=O)c1ccccc1Br. The van der Waals surface area contributed by atoms with Crippen LogP contribution in [0.3, 0.4) is 0 Å². The largest absolute Gasteiger partial charge is 0.379 e. The van der Waals surface area contributed by atoms with Gasteiger partial charge in [0.15, 0.2) is 0 Å². The summed E-state index contributed by atoms with van der Waals surface area (Å²) >= 11 is 5.09. The summed E-state index contributed by atoms with van der Waals surface area (Å²) in [5.74, 6) is -0.660. The molecule has 1 fully saturated rings.